The van der Waals surface area contributed by atoms with Gasteiger partial charge in [0.15, 0.2) is 0 Å². The summed E-state index contributed by atoms with van der Waals surface area (Å²) in [7, 11) is 1.93. The van der Waals surface area contributed by atoms with E-state index in [0.29, 0.717) is 10.2 Å². The molecule has 1 heterocycles. The Kier molecular flexibility index (Phi) is 3.51. The molecule has 2 aromatic carbocycles. The molecule has 3 nitrogen and oxygen atoms in total. The second kappa shape index (κ2) is 5.33. The molecule has 0 atom stereocenters. The van der Waals surface area contributed by atoms with Crippen molar-refractivity contribution in [1.29, 1.82) is 0 Å². The third-order valence-corrected chi connectivity index (χ3v) is 3.81. The van der Waals surface area contributed by atoms with Crippen molar-refractivity contribution in [3.63, 3.8) is 0 Å². The van der Waals surface area contributed by atoms with Crippen LogP contribution >= 0.6 is 15.9 Å². The molecule has 0 aliphatic rings. The maximum Gasteiger partial charge on any atom is 0.258 e. The number of aromatic nitrogens is 1. The van der Waals surface area contributed by atoms with Crippen molar-refractivity contribution < 1.29 is 9.18 Å². The standard InChI is InChI=1S/C16H12BrFN2O/c1-20-7-6-10-2-4-12(9-15(10)20)19-16(21)13-8-11(17)3-5-14(13)18/h2-9H,1H3,(H,19,21). The highest BCUT2D eigenvalue weighted by atomic mass is 79.9. The van der Waals surface area contributed by atoms with E-state index in [0.717, 1.165) is 10.9 Å². The molecule has 0 saturated heterocycles. The SMILES string of the molecule is Cn1ccc2ccc(NC(=O)c3cc(Br)ccc3F)cc21. The monoisotopic (exact) mass is 346 g/mol. The maximum absolute atomic E-state index is 13.7. The third kappa shape index (κ3) is 2.69. The highest BCUT2D eigenvalue weighted by Gasteiger charge is 2.12. The van der Waals surface area contributed by atoms with Crippen LogP contribution in [0.3, 0.4) is 0 Å². The largest absolute Gasteiger partial charge is 0.350 e. The molecule has 1 amide bonds. The summed E-state index contributed by atoms with van der Waals surface area (Å²) in [5, 5.41) is 3.81. The van der Waals surface area contributed by atoms with Gasteiger partial charge in [-0.3, -0.25) is 4.79 Å². The van der Waals surface area contributed by atoms with E-state index in [2.05, 4.69) is 21.2 Å². The van der Waals surface area contributed by atoms with Gasteiger partial charge in [0.2, 0.25) is 0 Å². The second-order valence-electron chi connectivity index (χ2n) is 4.78. The average Bonchev–Trinajstić information content (AvgIpc) is 2.83. The lowest BCUT2D eigenvalue weighted by atomic mass is 10.2. The molecule has 0 radical (unpaired) electrons. The van der Waals surface area contributed by atoms with Gasteiger partial charge in [0.1, 0.15) is 5.82 Å². The molecule has 0 unspecified atom stereocenters. The third-order valence-electron chi connectivity index (χ3n) is 3.32. The van der Waals surface area contributed by atoms with Crippen LogP contribution in [0.1, 0.15) is 10.4 Å². The highest BCUT2D eigenvalue weighted by Crippen LogP contribution is 2.21. The molecule has 0 aliphatic heterocycles. The Morgan fingerprint density at radius 2 is 2.00 bits per heavy atom. The van der Waals surface area contributed by atoms with Gasteiger partial charge in [-0.15, -0.1) is 0 Å². The molecular formula is C16H12BrFN2O. The number of halogens is 2. The molecule has 106 valence electrons. The summed E-state index contributed by atoms with van der Waals surface area (Å²) in [6.07, 6.45) is 1.95. The van der Waals surface area contributed by atoms with Crippen molar-refractivity contribution in [3.05, 3.63) is 64.5 Å². The van der Waals surface area contributed by atoms with Crippen LogP contribution in [-0.2, 0) is 7.05 Å². The molecule has 0 saturated carbocycles. The number of rotatable bonds is 2. The summed E-state index contributed by atoms with van der Waals surface area (Å²) in [6, 6.07) is 11.9. The number of aryl methyl sites for hydroxylation is 1. The Labute approximate surface area is 129 Å². The fourth-order valence-electron chi connectivity index (χ4n) is 2.21. The molecule has 5 heteroatoms. The van der Waals surface area contributed by atoms with Crippen LogP contribution in [0.25, 0.3) is 10.9 Å². The number of carbonyl (C=O) groups is 1. The van der Waals surface area contributed by atoms with Gasteiger partial charge in [-0.05, 0) is 41.8 Å². The molecule has 1 N–H and O–H groups in total. The van der Waals surface area contributed by atoms with Crippen LogP contribution in [0.5, 0.6) is 0 Å². The second-order valence-corrected chi connectivity index (χ2v) is 5.69. The van der Waals surface area contributed by atoms with Crippen molar-refractivity contribution in [2.24, 2.45) is 7.05 Å². The van der Waals surface area contributed by atoms with Crippen LogP contribution < -0.4 is 5.32 Å². The molecule has 0 fully saturated rings. The Morgan fingerprint density at radius 1 is 1.19 bits per heavy atom. The van der Waals surface area contributed by atoms with E-state index in [-0.39, 0.29) is 5.56 Å². The van der Waals surface area contributed by atoms with Gasteiger partial charge in [0.25, 0.3) is 5.91 Å². The van der Waals surface area contributed by atoms with Gasteiger partial charge < -0.3 is 9.88 Å². The van der Waals surface area contributed by atoms with Crippen molar-refractivity contribution >= 4 is 38.4 Å². The lowest BCUT2D eigenvalue weighted by molar-refractivity contribution is 0.102. The minimum atomic E-state index is -0.546. The summed E-state index contributed by atoms with van der Waals surface area (Å²) in [4.78, 5) is 12.2. The summed E-state index contributed by atoms with van der Waals surface area (Å²) in [5.41, 5.74) is 1.65. The van der Waals surface area contributed by atoms with E-state index in [1.54, 1.807) is 12.1 Å². The zero-order valence-electron chi connectivity index (χ0n) is 11.2. The predicted octanol–water partition coefficient (Wildman–Crippen LogP) is 4.33. The number of anilines is 1. The first kappa shape index (κ1) is 13.8. The molecule has 0 spiro atoms. The van der Waals surface area contributed by atoms with Gasteiger partial charge >= 0.3 is 0 Å². The van der Waals surface area contributed by atoms with Gasteiger partial charge in [0, 0.05) is 28.9 Å². The van der Waals surface area contributed by atoms with Crippen molar-refractivity contribution in [3.8, 4) is 0 Å². The maximum atomic E-state index is 13.7. The zero-order valence-corrected chi connectivity index (χ0v) is 12.8. The fourth-order valence-corrected chi connectivity index (χ4v) is 2.57. The predicted molar refractivity (Wildman–Crippen MR) is 85.0 cm³/mol. The summed E-state index contributed by atoms with van der Waals surface area (Å²) < 4.78 is 16.3. The first-order chi connectivity index (χ1) is 10.0. The number of fused-ring (bicyclic) bond motifs is 1. The van der Waals surface area contributed by atoms with Gasteiger partial charge in [-0.1, -0.05) is 22.0 Å². The Balaban J connectivity index is 1.92. The van der Waals surface area contributed by atoms with Crippen LogP contribution in [0.2, 0.25) is 0 Å². The molecule has 21 heavy (non-hydrogen) atoms. The van der Waals surface area contributed by atoms with E-state index in [9.17, 15) is 9.18 Å². The Bertz CT molecular complexity index is 841. The van der Waals surface area contributed by atoms with Gasteiger partial charge in [-0.25, -0.2) is 4.39 Å². The van der Waals surface area contributed by atoms with Crippen LogP contribution in [0, 0.1) is 5.82 Å². The Hall–Kier alpha value is -2.14. The van der Waals surface area contributed by atoms with E-state index in [1.165, 1.54) is 12.1 Å². The molecule has 1 aromatic heterocycles. The fraction of sp³-hybridized carbons (Fsp3) is 0.0625. The number of benzene rings is 2. The van der Waals surface area contributed by atoms with E-state index in [4.69, 9.17) is 0 Å². The summed E-state index contributed by atoms with van der Waals surface area (Å²) in [5.74, 6) is -1.02. The van der Waals surface area contributed by atoms with E-state index in [1.807, 2.05) is 36.0 Å². The smallest absolute Gasteiger partial charge is 0.258 e. The molecule has 0 aliphatic carbocycles. The minimum absolute atomic E-state index is 0.0105. The first-order valence-corrected chi connectivity index (χ1v) is 7.15. The number of hydrogen-bond donors (Lipinski definition) is 1. The quantitative estimate of drug-likeness (QED) is 0.736. The van der Waals surface area contributed by atoms with Crippen LogP contribution in [-0.4, -0.2) is 10.5 Å². The van der Waals surface area contributed by atoms with Crippen molar-refractivity contribution in [2.45, 2.75) is 0 Å². The zero-order chi connectivity index (χ0) is 15.0. The number of amides is 1. The van der Waals surface area contributed by atoms with E-state index >= 15 is 0 Å². The molecular weight excluding hydrogens is 335 g/mol. The van der Waals surface area contributed by atoms with Crippen molar-refractivity contribution in [1.82, 2.24) is 4.57 Å². The molecule has 3 rings (SSSR count). The lowest BCUT2D eigenvalue weighted by Crippen LogP contribution is -2.13. The Morgan fingerprint density at radius 3 is 2.81 bits per heavy atom. The number of hydrogen-bond acceptors (Lipinski definition) is 1. The summed E-state index contributed by atoms with van der Waals surface area (Å²) in [6.45, 7) is 0. The van der Waals surface area contributed by atoms with Crippen molar-refractivity contribution in [2.75, 3.05) is 5.32 Å². The van der Waals surface area contributed by atoms with Crippen LogP contribution in [0.15, 0.2) is 53.1 Å². The first-order valence-electron chi connectivity index (χ1n) is 6.36. The van der Waals surface area contributed by atoms with Crippen LogP contribution in [0.4, 0.5) is 10.1 Å². The van der Waals surface area contributed by atoms with Gasteiger partial charge in [0.05, 0.1) is 5.56 Å². The lowest BCUT2D eigenvalue weighted by Gasteiger charge is -2.07. The summed E-state index contributed by atoms with van der Waals surface area (Å²) >= 11 is 3.24. The normalized spacial score (nSPS) is 10.8. The average molecular weight is 347 g/mol. The number of nitrogens with one attached hydrogen (secondary N) is 1. The molecule has 0 bridgehead atoms. The highest BCUT2D eigenvalue weighted by molar-refractivity contribution is 9.10. The molecule has 3 aromatic rings. The van der Waals surface area contributed by atoms with E-state index < -0.39 is 11.7 Å². The number of nitrogens with zero attached hydrogens (tertiary/aromatic N) is 1. The van der Waals surface area contributed by atoms with Gasteiger partial charge in [-0.2, -0.15) is 0 Å². The number of carbonyl (C=O) groups excluding carboxylic acids is 1. The topological polar surface area (TPSA) is 34.0 Å². The minimum Gasteiger partial charge on any atom is -0.350 e.